The number of ether oxygens (including phenoxy) is 1. The molecule has 7 aromatic rings. The minimum absolute atomic E-state index is 0.437. The summed E-state index contributed by atoms with van der Waals surface area (Å²) in [7, 11) is 0. The predicted molar refractivity (Wildman–Crippen MR) is 198 cm³/mol. The fraction of sp³-hybridized carbons (Fsp3) is 0.0444. The van der Waals surface area contributed by atoms with E-state index in [1.54, 1.807) is 0 Å². The SMILES string of the molecule is N#Cc1ccc2c(c1)C1(c3ccccc3O2)c2ccccc2-c2cc3ccc(C4N=C(c5ccccc5)NC(c5ccccc5)=N4)cc3cc21. The van der Waals surface area contributed by atoms with Crippen LogP contribution >= 0.6 is 0 Å². The van der Waals surface area contributed by atoms with Gasteiger partial charge >= 0.3 is 0 Å². The Morgan fingerprint density at radius 1 is 0.540 bits per heavy atom. The lowest BCUT2D eigenvalue weighted by Crippen LogP contribution is -2.35. The maximum atomic E-state index is 10.0. The highest BCUT2D eigenvalue weighted by Crippen LogP contribution is 2.62. The van der Waals surface area contributed by atoms with Gasteiger partial charge in [0.15, 0.2) is 6.17 Å². The monoisotopic (exact) mass is 640 g/mol. The summed E-state index contributed by atoms with van der Waals surface area (Å²) < 4.78 is 6.53. The Labute approximate surface area is 289 Å². The molecule has 0 saturated heterocycles. The van der Waals surface area contributed by atoms with Crippen LogP contribution in [0.25, 0.3) is 21.9 Å². The number of para-hydroxylation sites is 1. The van der Waals surface area contributed by atoms with Crippen LogP contribution in [-0.4, -0.2) is 11.7 Å². The van der Waals surface area contributed by atoms with Crippen molar-refractivity contribution in [3.63, 3.8) is 0 Å². The molecule has 1 atom stereocenters. The number of benzene rings is 7. The number of nitriles is 1. The van der Waals surface area contributed by atoms with Crippen LogP contribution in [0.4, 0.5) is 0 Å². The van der Waals surface area contributed by atoms with Gasteiger partial charge in [-0.1, -0.05) is 115 Å². The molecule has 50 heavy (non-hydrogen) atoms. The third-order valence-corrected chi connectivity index (χ3v) is 10.2. The van der Waals surface area contributed by atoms with Gasteiger partial charge in [0.1, 0.15) is 23.2 Å². The minimum atomic E-state index is -0.667. The molecule has 5 heteroatoms. The Hall–Kier alpha value is -6.77. The average Bonchev–Trinajstić information content (AvgIpc) is 3.46. The van der Waals surface area contributed by atoms with Crippen LogP contribution in [-0.2, 0) is 5.41 Å². The van der Waals surface area contributed by atoms with Crippen molar-refractivity contribution >= 4 is 22.4 Å². The standard InChI is InChI=1S/C45H28N4O/c46-27-28-19-22-41-39(23-28)45(37-17-9-10-18-40(37)50-41)36-16-8-7-15-34(36)35-25-31-20-21-32(24-33(31)26-38(35)45)44-48-42(29-11-3-1-4-12-29)47-43(49-44)30-13-5-2-6-14-30/h1-26,44H,(H,47,48,49). The molecule has 1 unspecified atom stereocenters. The average molecular weight is 641 g/mol. The van der Waals surface area contributed by atoms with Crippen molar-refractivity contribution in [2.75, 3.05) is 0 Å². The molecule has 0 saturated carbocycles. The van der Waals surface area contributed by atoms with Crippen LogP contribution in [0.15, 0.2) is 168 Å². The summed E-state index contributed by atoms with van der Waals surface area (Å²) in [5, 5.41) is 15.8. The Morgan fingerprint density at radius 2 is 1.20 bits per heavy atom. The first kappa shape index (κ1) is 28.3. The van der Waals surface area contributed by atoms with Gasteiger partial charge in [0, 0.05) is 22.3 Å². The number of hydrogen-bond donors (Lipinski definition) is 1. The van der Waals surface area contributed by atoms with E-state index >= 15 is 0 Å². The number of nitrogens with zero attached hydrogens (tertiary/aromatic N) is 3. The van der Waals surface area contributed by atoms with Crippen molar-refractivity contribution < 1.29 is 4.74 Å². The molecule has 1 N–H and O–H groups in total. The topological polar surface area (TPSA) is 69.8 Å². The second kappa shape index (κ2) is 10.9. The summed E-state index contributed by atoms with van der Waals surface area (Å²) in [5.41, 5.74) is 9.72. The van der Waals surface area contributed by atoms with Gasteiger partial charge in [-0.05, 0) is 81.1 Å². The molecular formula is C45H28N4O. The first-order chi connectivity index (χ1) is 24.7. The van der Waals surface area contributed by atoms with Crippen LogP contribution in [0.1, 0.15) is 50.7 Å². The van der Waals surface area contributed by atoms with E-state index in [1.807, 2.05) is 66.7 Å². The van der Waals surface area contributed by atoms with Crippen LogP contribution in [0.5, 0.6) is 11.5 Å². The van der Waals surface area contributed by atoms with Crippen LogP contribution < -0.4 is 10.1 Å². The minimum Gasteiger partial charge on any atom is -0.457 e. The summed E-state index contributed by atoms with van der Waals surface area (Å²) in [6.07, 6.45) is -0.437. The molecule has 3 aliphatic rings. The number of aliphatic imine (C=N–C) groups is 2. The molecule has 0 fully saturated rings. The molecule has 7 aromatic carbocycles. The number of nitrogens with one attached hydrogen (secondary N) is 1. The molecule has 0 aromatic heterocycles. The normalized spacial score (nSPS) is 16.9. The maximum absolute atomic E-state index is 10.0. The van der Waals surface area contributed by atoms with E-state index in [0.29, 0.717) is 5.56 Å². The fourth-order valence-corrected chi connectivity index (χ4v) is 7.98. The van der Waals surface area contributed by atoms with E-state index in [0.717, 1.165) is 61.8 Å². The molecule has 2 heterocycles. The highest BCUT2D eigenvalue weighted by atomic mass is 16.5. The van der Waals surface area contributed by atoms with E-state index < -0.39 is 11.6 Å². The molecule has 2 aliphatic heterocycles. The van der Waals surface area contributed by atoms with E-state index in [4.69, 9.17) is 14.7 Å². The number of rotatable bonds is 3. The number of hydrogen-bond acceptors (Lipinski definition) is 5. The van der Waals surface area contributed by atoms with Crippen molar-refractivity contribution in [3.05, 3.63) is 202 Å². The molecule has 1 aliphatic carbocycles. The van der Waals surface area contributed by atoms with Gasteiger partial charge in [-0.2, -0.15) is 5.26 Å². The van der Waals surface area contributed by atoms with Gasteiger partial charge in [0.05, 0.1) is 17.0 Å². The van der Waals surface area contributed by atoms with E-state index in [-0.39, 0.29) is 0 Å². The quantitative estimate of drug-likeness (QED) is 0.209. The van der Waals surface area contributed by atoms with Crippen molar-refractivity contribution in [3.8, 4) is 28.7 Å². The van der Waals surface area contributed by atoms with Crippen LogP contribution in [0.2, 0.25) is 0 Å². The van der Waals surface area contributed by atoms with E-state index in [9.17, 15) is 5.26 Å². The highest BCUT2D eigenvalue weighted by Gasteiger charge is 2.51. The number of fused-ring (bicyclic) bond motifs is 10. The van der Waals surface area contributed by atoms with Crippen LogP contribution in [0, 0.1) is 11.3 Å². The summed E-state index contributed by atoms with van der Waals surface area (Å²) in [6.45, 7) is 0. The molecular weight excluding hydrogens is 613 g/mol. The third kappa shape index (κ3) is 4.12. The summed E-state index contributed by atoms with van der Waals surface area (Å²) in [6, 6.07) is 56.7. The highest BCUT2D eigenvalue weighted by molar-refractivity contribution is 6.16. The first-order valence-corrected chi connectivity index (χ1v) is 16.7. The number of amidine groups is 2. The molecule has 0 radical (unpaired) electrons. The Morgan fingerprint density at radius 3 is 1.94 bits per heavy atom. The smallest absolute Gasteiger partial charge is 0.169 e. The first-order valence-electron chi connectivity index (χ1n) is 16.7. The predicted octanol–water partition coefficient (Wildman–Crippen LogP) is 9.68. The van der Waals surface area contributed by atoms with Gasteiger partial charge in [-0.3, -0.25) is 0 Å². The summed E-state index contributed by atoms with van der Waals surface area (Å²) >= 11 is 0. The lowest BCUT2D eigenvalue weighted by molar-refractivity contribution is 0.436. The van der Waals surface area contributed by atoms with Crippen molar-refractivity contribution in [1.82, 2.24) is 5.32 Å². The maximum Gasteiger partial charge on any atom is 0.169 e. The Balaban J connectivity index is 1.20. The van der Waals surface area contributed by atoms with Crippen molar-refractivity contribution in [2.24, 2.45) is 9.98 Å². The lowest BCUT2D eigenvalue weighted by atomic mass is 9.65. The van der Waals surface area contributed by atoms with Gasteiger partial charge in [-0.25, -0.2) is 9.98 Å². The largest absolute Gasteiger partial charge is 0.457 e. The Kier molecular flexibility index (Phi) is 6.15. The molecule has 1 spiro atoms. The van der Waals surface area contributed by atoms with Gasteiger partial charge in [-0.15, -0.1) is 0 Å². The van der Waals surface area contributed by atoms with Crippen molar-refractivity contribution in [2.45, 2.75) is 11.6 Å². The van der Waals surface area contributed by atoms with Gasteiger partial charge in [0.2, 0.25) is 0 Å². The fourth-order valence-electron chi connectivity index (χ4n) is 7.98. The lowest BCUT2D eigenvalue weighted by Gasteiger charge is -2.39. The summed E-state index contributed by atoms with van der Waals surface area (Å²) in [4.78, 5) is 10.3. The zero-order valence-corrected chi connectivity index (χ0v) is 26.8. The molecule has 10 rings (SSSR count). The zero-order chi connectivity index (χ0) is 33.2. The summed E-state index contributed by atoms with van der Waals surface area (Å²) in [5.74, 6) is 3.16. The Bertz CT molecular complexity index is 2560. The van der Waals surface area contributed by atoms with E-state index in [1.165, 1.54) is 22.3 Å². The molecule has 5 nitrogen and oxygen atoms in total. The van der Waals surface area contributed by atoms with Crippen LogP contribution in [0.3, 0.4) is 0 Å². The molecule has 0 bridgehead atoms. The molecule has 0 amide bonds. The second-order valence-corrected chi connectivity index (χ2v) is 12.9. The van der Waals surface area contributed by atoms with Crippen molar-refractivity contribution in [1.29, 1.82) is 5.26 Å². The second-order valence-electron chi connectivity index (χ2n) is 12.9. The zero-order valence-electron chi connectivity index (χ0n) is 26.8. The van der Waals surface area contributed by atoms with Gasteiger partial charge in [0.25, 0.3) is 0 Å². The van der Waals surface area contributed by atoms with E-state index in [2.05, 4.69) is 102 Å². The third-order valence-electron chi connectivity index (χ3n) is 10.2. The molecule has 234 valence electrons. The van der Waals surface area contributed by atoms with Gasteiger partial charge < -0.3 is 10.1 Å².